The number of anilines is 1. The normalized spacial score (nSPS) is 20.1. The van der Waals surface area contributed by atoms with Crippen molar-refractivity contribution in [1.82, 2.24) is 4.90 Å². The smallest absolute Gasteiger partial charge is 0.255 e. The maximum absolute atomic E-state index is 12.1. The fraction of sp³-hybridized carbons (Fsp3) is 0.533. The van der Waals surface area contributed by atoms with E-state index in [0.29, 0.717) is 12.0 Å². The lowest BCUT2D eigenvalue weighted by atomic mass is 10.00. The zero-order valence-electron chi connectivity index (χ0n) is 11.8. The Morgan fingerprint density at radius 3 is 2.79 bits per heavy atom. The lowest BCUT2D eigenvalue weighted by Gasteiger charge is -2.23. The molecular formula is C15H22N2O2. The van der Waals surface area contributed by atoms with Crippen molar-refractivity contribution in [2.45, 2.75) is 19.4 Å². The number of hydrogen-bond acceptors (Lipinski definition) is 3. The van der Waals surface area contributed by atoms with Crippen LogP contribution in [0, 0.1) is 5.92 Å². The zero-order chi connectivity index (χ0) is 13.8. The van der Waals surface area contributed by atoms with Crippen molar-refractivity contribution in [3.8, 4) is 0 Å². The molecule has 1 aliphatic rings. The molecule has 0 radical (unpaired) electrons. The second-order valence-electron chi connectivity index (χ2n) is 5.30. The van der Waals surface area contributed by atoms with Crippen LogP contribution >= 0.6 is 0 Å². The van der Waals surface area contributed by atoms with Crippen LogP contribution in [0.25, 0.3) is 0 Å². The Balaban J connectivity index is 2.13. The molecule has 0 spiro atoms. The highest BCUT2D eigenvalue weighted by Gasteiger charge is 2.23. The first-order chi connectivity index (χ1) is 9.09. The molecule has 19 heavy (non-hydrogen) atoms. The van der Waals surface area contributed by atoms with Crippen LogP contribution in [0.5, 0.6) is 0 Å². The van der Waals surface area contributed by atoms with Gasteiger partial charge in [0.05, 0.1) is 12.2 Å². The van der Waals surface area contributed by atoms with Gasteiger partial charge < -0.3 is 15.0 Å². The quantitative estimate of drug-likeness (QED) is 0.904. The number of carbonyl (C=O) groups is 1. The van der Waals surface area contributed by atoms with Crippen LogP contribution in [0.4, 0.5) is 5.69 Å². The highest BCUT2D eigenvalue weighted by atomic mass is 16.5. The maximum atomic E-state index is 12.1. The molecule has 1 aliphatic heterocycles. The fourth-order valence-electron chi connectivity index (χ4n) is 2.35. The third kappa shape index (κ3) is 3.26. The van der Waals surface area contributed by atoms with Gasteiger partial charge in [-0.2, -0.15) is 0 Å². The van der Waals surface area contributed by atoms with Crippen LogP contribution in [0.15, 0.2) is 24.3 Å². The van der Waals surface area contributed by atoms with E-state index in [1.54, 1.807) is 19.0 Å². The molecule has 1 fully saturated rings. The Bertz CT molecular complexity index is 440. The SMILES string of the molecule is CC(Nc1ccccc1C(=O)N(C)C)C1CCOC1. The number of ether oxygens (including phenoxy) is 1. The summed E-state index contributed by atoms with van der Waals surface area (Å²) in [6, 6.07) is 7.97. The van der Waals surface area contributed by atoms with Gasteiger partial charge in [-0.1, -0.05) is 12.1 Å². The second-order valence-corrected chi connectivity index (χ2v) is 5.30. The van der Waals surface area contributed by atoms with Gasteiger partial charge in [0.2, 0.25) is 0 Å². The highest BCUT2D eigenvalue weighted by molar-refractivity contribution is 5.99. The summed E-state index contributed by atoms with van der Waals surface area (Å²) in [6.45, 7) is 3.79. The number of carbonyl (C=O) groups excluding carboxylic acids is 1. The van der Waals surface area contributed by atoms with Gasteiger partial charge in [-0.3, -0.25) is 4.79 Å². The van der Waals surface area contributed by atoms with E-state index < -0.39 is 0 Å². The Kier molecular flexibility index (Phi) is 4.43. The van der Waals surface area contributed by atoms with E-state index in [2.05, 4.69) is 12.2 Å². The minimum atomic E-state index is 0.0259. The summed E-state index contributed by atoms with van der Waals surface area (Å²) < 4.78 is 5.42. The third-order valence-electron chi connectivity index (χ3n) is 3.62. The van der Waals surface area contributed by atoms with Crippen molar-refractivity contribution < 1.29 is 9.53 Å². The monoisotopic (exact) mass is 262 g/mol. The first kappa shape index (κ1) is 13.9. The molecule has 0 saturated carbocycles. The molecule has 2 unspecified atom stereocenters. The Morgan fingerprint density at radius 2 is 2.16 bits per heavy atom. The molecule has 1 saturated heterocycles. The Morgan fingerprint density at radius 1 is 1.42 bits per heavy atom. The number of rotatable bonds is 4. The van der Waals surface area contributed by atoms with Gasteiger partial charge in [-0.15, -0.1) is 0 Å². The molecule has 0 aromatic heterocycles. The summed E-state index contributed by atoms with van der Waals surface area (Å²) in [6.07, 6.45) is 1.08. The molecular weight excluding hydrogens is 240 g/mol. The minimum absolute atomic E-state index is 0.0259. The number of para-hydroxylation sites is 1. The lowest BCUT2D eigenvalue weighted by molar-refractivity contribution is 0.0828. The predicted octanol–water partition coefficient (Wildman–Crippen LogP) is 2.23. The van der Waals surface area contributed by atoms with Crippen molar-refractivity contribution in [1.29, 1.82) is 0 Å². The summed E-state index contributed by atoms with van der Waals surface area (Å²) in [4.78, 5) is 13.7. The van der Waals surface area contributed by atoms with E-state index in [1.807, 2.05) is 24.3 Å². The molecule has 1 aromatic carbocycles. The molecule has 4 heteroatoms. The molecule has 0 bridgehead atoms. The third-order valence-corrected chi connectivity index (χ3v) is 3.62. The van der Waals surface area contributed by atoms with E-state index in [1.165, 1.54) is 0 Å². The average Bonchev–Trinajstić information content (AvgIpc) is 2.92. The standard InChI is InChI=1S/C15H22N2O2/c1-11(12-8-9-19-10-12)16-14-7-5-4-6-13(14)15(18)17(2)3/h4-7,11-12,16H,8-10H2,1-3H3. The van der Waals surface area contributed by atoms with Gasteiger partial charge in [0.15, 0.2) is 0 Å². The van der Waals surface area contributed by atoms with Crippen LogP contribution in [0.3, 0.4) is 0 Å². The average molecular weight is 262 g/mol. The zero-order valence-corrected chi connectivity index (χ0v) is 11.8. The molecule has 104 valence electrons. The first-order valence-corrected chi connectivity index (χ1v) is 6.74. The van der Waals surface area contributed by atoms with Gasteiger partial charge in [0, 0.05) is 38.3 Å². The van der Waals surface area contributed by atoms with Crippen molar-refractivity contribution in [3.63, 3.8) is 0 Å². The van der Waals surface area contributed by atoms with Crippen LogP contribution in [0.2, 0.25) is 0 Å². The topological polar surface area (TPSA) is 41.6 Å². The lowest BCUT2D eigenvalue weighted by Crippen LogP contribution is -2.28. The van der Waals surface area contributed by atoms with Crippen LogP contribution in [0.1, 0.15) is 23.7 Å². The number of hydrogen-bond donors (Lipinski definition) is 1. The summed E-state index contributed by atoms with van der Waals surface area (Å²) in [7, 11) is 3.54. The molecule has 0 aliphatic carbocycles. The second kappa shape index (κ2) is 6.06. The van der Waals surface area contributed by atoms with Gasteiger partial charge in [0.1, 0.15) is 0 Å². The summed E-state index contributed by atoms with van der Waals surface area (Å²) in [5.74, 6) is 0.542. The molecule has 2 rings (SSSR count). The number of benzene rings is 1. The fourth-order valence-corrected chi connectivity index (χ4v) is 2.35. The molecule has 1 N–H and O–H groups in total. The number of amides is 1. The largest absolute Gasteiger partial charge is 0.382 e. The minimum Gasteiger partial charge on any atom is -0.382 e. The van der Waals surface area contributed by atoms with Crippen molar-refractivity contribution in [2.75, 3.05) is 32.6 Å². The van der Waals surface area contributed by atoms with Gasteiger partial charge in [0.25, 0.3) is 5.91 Å². The van der Waals surface area contributed by atoms with Crippen LogP contribution in [-0.4, -0.2) is 44.2 Å². The molecule has 1 amide bonds. The summed E-state index contributed by atoms with van der Waals surface area (Å²) >= 11 is 0. The number of nitrogens with one attached hydrogen (secondary N) is 1. The summed E-state index contributed by atoms with van der Waals surface area (Å²) in [5.41, 5.74) is 1.62. The van der Waals surface area contributed by atoms with E-state index in [9.17, 15) is 4.79 Å². The maximum Gasteiger partial charge on any atom is 0.255 e. The molecule has 4 nitrogen and oxygen atoms in total. The molecule has 1 heterocycles. The van der Waals surface area contributed by atoms with E-state index >= 15 is 0 Å². The van der Waals surface area contributed by atoms with Crippen LogP contribution < -0.4 is 5.32 Å². The predicted molar refractivity (Wildman–Crippen MR) is 76.5 cm³/mol. The highest BCUT2D eigenvalue weighted by Crippen LogP contribution is 2.23. The van der Waals surface area contributed by atoms with E-state index in [4.69, 9.17) is 4.74 Å². The van der Waals surface area contributed by atoms with Crippen LogP contribution in [-0.2, 0) is 4.74 Å². The van der Waals surface area contributed by atoms with Crippen molar-refractivity contribution in [2.24, 2.45) is 5.92 Å². The van der Waals surface area contributed by atoms with E-state index in [-0.39, 0.29) is 5.91 Å². The van der Waals surface area contributed by atoms with Crippen molar-refractivity contribution in [3.05, 3.63) is 29.8 Å². The van der Waals surface area contributed by atoms with E-state index in [0.717, 1.165) is 30.9 Å². The van der Waals surface area contributed by atoms with Crippen molar-refractivity contribution >= 4 is 11.6 Å². The molecule has 1 aromatic rings. The first-order valence-electron chi connectivity index (χ1n) is 6.74. The summed E-state index contributed by atoms with van der Waals surface area (Å²) in [5, 5.41) is 3.46. The van der Waals surface area contributed by atoms with Gasteiger partial charge in [-0.25, -0.2) is 0 Å². The Labute approximate surface area is 114 Å². The number of nitrogens with zero attached hydrogens (tertiary/aromatic N) is 1. The molecule has 2 atom stereocenters. The van der Waals surface area contributed by atoms with Gasteiger partial charge >= 0.3 is 0 Å². The Hall–Kier alpha value is -1.55. The van der Waals surface area contributed by atoms with Gasteiger partial charge in [-0.05, 0) is 25.5 Å².